The first kappa shape index (κ1) is 15.3. The zero-order valence-corrected chi connectivity index (χ0v) is 12.6. The summed E-state index contributed by atoms with van der Waals surface area (Å²) in [7, 11) is 0. The minimum Gasteiger partial charge on any atom is -0.293 e. The second kappa shape index (κ2) is 8.36. The smallest absolute Gasteiger partial charge is 0.172 e. The molecule has 1 nitrogen and oxygen atoms in total. The molecule has 18 heavy (non-hydrogen) atoms. The van der Waals surface area contributed by atoms with Gasteiger partial charge in [-0.2, -0.15) is 11.8 Å². The number of rotatable bonds is 8. The van der Waals surface area contributed by atoms with Crippen molar-refractivity contribution in [2.45, 2.75) is 46.5 Å². The summed E-state index contributed by atoms with van der Waals surface area (Å²) >= 11 is 1.75. The third kappa shape index (κ3) is 4.49. The minimum absolute atomic E-state index is 0.272. The Hall–Kier alpha value is -0.760. The van der Waals surface area contributed by atoms with Crippen molar-refractivity contribution in [2.24, 2.45) is 0 Å². The molecule has 0 aliphatic rings. The van der Waals surface area contributed by atoms with E-state index in [1.54, 1.807) is 11.8 Å². The van der Waals surface area contributed by atoms with E-state index in [1.165, 1.54) is 24.0 Å². The number of ketones is 1. The van der Waals surface area contributed by atoms with Crippen LogP contribution in [0.4, 0.5) is 0 Å². The normalized spacial score (nSPS) is 10.6. The van der Waals surface area contributed by atoms with Gasteiger partial charge in [-0.3, -0.25) is 4.79 Å². The third-order valence-electron chi connectivity index (χ3n) is 3.17. The first-order valence-electron chi connectivity index (χ1n) is 6.95. The summed E-state index contributed by atoms with van der Waals surface area (Å²) in [5.41, 5.74) is 3.57. The van der Waals surface area contributed by atoms with E-state index in [1.807, 2.05) is 6.07 Å². The molecule has 0 spiro atoms. The lowest BCUT2D eigenvalue weighted by molar-refractivity contribution is 0.102. The van der Waals surface area contributed by atoms with Crippen LogP contribution in [0.3, 0.4) is 0 Å². The molecule has 100 valence electrons. The van der Waals surface area contributed by atoms with E-state index in [0.717, 1.165) is 24.2 Å². The SMILES string of the molecule is CCCCSCC(=O)c1ccc(CC)c(CC)c1. The number of hydrogen-bond donors (Lipinski definition) is 0. The lowest BCUT2D eigenvalue weighted by atomic mass is 9.99. The number of benzene rings is 1. The summed E-state index contributed by atoms with van der Waals surface area (Å²) in [4.78, 5) is 12.1. The Morgan fingerprint density at radius 2 is 1.83 bits per heavy atom. The molecule has 0 atom stereocenters. The van der Waals surface area contributed by atoms with Crippen LogP contribution in [-0.2, 0) is 12.8 Å². The topological polar surface area (TPSA) is 17.1 Å². The Kier molecular flexibility index (Phi) is 7.11. The van der Waals surface area contributed by atoms with Gasteiger partial charge in [-0.05, 0) is 42.2 Å². The number of carbonyl (C=O) groups excluding carboxylic acids is 1. The van der Waals surface area contributed by atoms with Crippen LogP contribution < -0.4 is 0 Å². The molecule has 0 saturated heterocycles. The number of unbranched alkanes of at least 4 members (excludes halogenated alkanes) is 1. The van der Waals surface area contributed by atoms with E-state index in [2.05, 4.69) is 32.9 Å². The lowest BCUT2D eigenvalue weighted by Crippen LogP contribution is -2.05. The summed E-state index contributed by atoms with van der Waals surface area (Å²) in [5.74, 6) is 1.98. The molecule has 0 aliphatic heterocycles. The van der Waals surface area contributed by atoms with Gasteiger partial charge >= 0.3 is 0 Å². The highest BCUT2D eigenvalue weighted by molar-refractivity contribution is 7.99. The summed E-state index contributed by atoms with van der Waals surface area (Å²) in [5, 5.41) is 0. The van der Waals surface area contributed by atoms with E-state index in [0.29, 0.717) is 5.75 Å². The van der Waals surface area contributed by atoms with Gasteiger partial charge < -0.3 is 0 Å². The first-order valence-corrected chi connectivity index (χ1v) is 8.11. The fourth-order valence-corrected chi connectivity index (χ4v) is 2.96. The zero-order valence-electron chi connectivity index (χ0n) is 11.8. The number of thioether (sulfide) groups is 1. The van der Waals surface area contributed by atoms with Gasteiger partial charge in [0.2, 0.25) is 0 Å². The maximum absolute atomic E-state index is 12.1. The highest BCUT2D eigenvalue weighted by atomic mass is 32.2. The van der Waals surface area contributed by atoms with E-state index < -0.39 is 0 Å². The van der Waals surface area contributed by atoms with E-state index in [-0.39, 0.29) is 5.78 Å². The Morgan fingerprint density at radius 1 is 1.11 bits per heavy atom. The quantitative estimate of drug-likeness (QED) is 0.507. The monoisotopic (exact) mass is 264 g/mol. The van der Waals surface area contributed by atoms with Crippen molar-refractivity contribution in [1.29, 1.82) is 0 Å². The van der Waals surface area contributed by atoms with Crippen molar-refractivity contribution in [3.8, 4) is 0 Å². The molecular formula is C16H24OS. The fourth-order valence-electron chi connectivity index (χ4n) is 1.97. The van der Waals surface area contributed by atoms with Crippen molar-refractivity contribution in [3.05, 3.63) is 34.9 Å². The summed E-state index contributed by atoms with van der Waals surface area (Å²) in [6, 6.07) is 6.19. The van der Waals surface area contributed by atoms with Gasteiger partial charge in [0.1, 0.15) is 0 Å². The minimum atomic E-state index is 0.272. The maximum atomic E-state index is 12.1. The molecule has 2 heteroatoms. The molecule has 0 unspecified atom stereocenters. The van der Waals surface area contributed by atoms with Crippen LogP contribution in [0.15, 0.2) is 18.2 Å². The van der Waals surface area contributed by atoms with E-state index >= 15 is 0 Å². The number of Topliss-reactive ketones (excluding diaryl/α,β-unsaturated/α-hetero) is 1. The Balaban J connectivity index is 2.62. The number of hydrogen-bond acceptors (Lipinski definition) is 2. The van der Waals surface area contributed by atoms with Crippen molar-refractivity contribution >= 4 is 17.5 Å². The largest absolute Gasteiger partial charge is 0.293 e. The van der Waals surface area contributed by atoms with Crippen LogP contribution in [0.25, 0.3) is 0 Å². The van der Waals surface area contributed by atoms with Gasteiger partial charge in [-0.1, -0.05) is 39.3 Å². The molecule has 0 saturated carbocycles. The average molecular weight is 264 g/mol. The van der Waals surface area contributed by atoms with Gasteiger partial charge in [0.25, 0.3) is 0 Å². The molecule has 0 amide bonds. The lowest BCUT2D eigenvalue weighted by Gasteiger charge is -2.08. The van der Waals surface area contributed by atoms with Gasteiger partial charge in [-0.25, -0.2) is 0 Å². The van der Waals surface area contributed by atoms with Crippen LogP contribution >= 0.6 is 11.8 Å². The number of aryl methyl sites for hydroxylation is 2. The van der Waals surface area contributed by atoms with Crippen molar-refractivity contribution < 1.29 is 4.79 Å². The van der Waals surface area contributed by atoms with Gasteiger partial charge in [0, 0.05) is 5.56 Å². The second-order valence-electron chi connectivity index (χ2n) is 4.52. The molecule has 0 bridgehead atoms. The Morgan fingerprint density at radius 3 is 2.44 bits per heavy atom. The van der Waals surface area contributed by atoms with Crippen LogP contribution in [0.1, 0.15) is 55.1 Å². The molecule has 0 N–H and O–H groups in total. The van der Waals surface area contributed by atoms with E-state index in [4.69, 9.17) is 0 Å². The van der Waals surface area contributed by atoms with Crippen molar-refractivity contribution in [2.75, 3.05) is 11.5 Å². The third-order valence-corrected chi connectivity index (χ3v) is 4.21. The zero-order chi connectivity index (χ0) is 13.4. The van der Waals surface area contributed by atoms with Crippen LogP contribution in [-0.4, -0.2) is 17.3 Å². The highest BCUT2D eigenvalue weighted by Crippen LogP contribution is 2.16. The first-order chi connectivity index (χ1) is 8.72. The Labute approximate surface area is 115 Å². The van der Waals surface area contributed by atoms with E-state index in [9.17, 15) is 4.79 Å². The molecule has 0 aliphatic carbocycles. The van der Waals surface area contributed by atoms with Crippen LogP contribution in [0.5, 0.6) is 0 Å². The molecule has 0 fully saturated rings. The Bertz CT molecular complexity index is 385. The predicted molar refractivity (Wildman–Crippen MR) is 81.8 cm³/mol. The summed E-state index contributed by atoms with van der Waals surface area (Å²) in [6.45, 7) is 6.49. The molecule has 0 radical (unpaired) electrons. The molecular weight excluding hydrogens is 240 g/mol. The summed E-state index contributed by atoms with van der Waals surface area (Å²) < 4.78 is 0. The highest BCUT2D eigenvalue weighted by Gasteiger charge is 2.08. The maximum Gasteiger partial charge on any atom is 0.172 e. The van der Waals surface area contributed by atoms with Gasteiger partial charge in [0.05, 0.1) is 5.75 Å². The predicted octanol–water partition coefficient (Wildman–Crippen LogP) is 4.53. The molecule has 0 heterocycles. The van der Waals surface area contributed by atoms with Crippen molar-refractivity contribution in [1.82, 2.24) is 0 Å². The average Bonchev–Trinajstić information content (AvgIpc) is 2.42. The molecule has 1 rings (SSSR count). The molecule has 0 aromatic heterocycles. The second-order valence-corrected chi connectivity index (χ2v) is 5.63. The van der Waals surface area contributed by atoms with Gasteiger partial charge in [-0.15, -0.1) is 0 Å². The standard InChI is InChI=1S/C16H24OS/c1-4-7-10-18-12-16(17)15-9-8-13(5-2)14(6-3)11-15/h8-9,11H,4-7,10,12H2,1-3H3. The molecule has 1 aromatic carbocycles. The summed E-state index contributed by atoms with van der Waals surface area (Å²) in [6.07, 6.45) is 4.45. The molecule has 1 aromatic rings. The van der Waals surface area contributed by atoms with Crippen LogP contribution in [0.2, 0.25) is 0 Å². The van der Waals surface area contributed by atoms with Gasteiger partial charge in [0.15, 0.2) is 5.78 Å². The van der Waals surface area contributed by atoms with Crippen LogP contribution in [0, 0.1) is 0 Å². The number of carbonyl (C=O) groups is 1. The van der Waals surface area contributed by atoms with Crippen molar-refractivity contribution in [3.63, 3.8) is 0 Å². The fraction of sp³-hybridized carbons (Fsp3) is 0.562.